The lowest BCUT2D eigenvalue weighted by molar-refractivity contribution is 0.414. The summed E-state index contributed by atoms with van der Waals surface area (Å²) in [5.74, 6) is 16.6. The topological polar surface area (TPSA) is 64.8 Å². The Balaban J connectivity index is 1.66. The first-order valence-corrected chi connectivity index (χ1v) is 19.7. The minimum atomic E-state index is -0.251. The zero-order valence-corrected chi connectivity index (χ0v) is 33.6. The molecule has 4 aromatic rings. The molecule has 0 fully saturated rings. The summed E-state index contributed by atoms with van der Waals surface area (Å²) in [6.07, 6.45) is 25.6. The summed E-state index contributed by atoms with van der Waals surface area (Å²) < 4.78 is 13.2. The normalized spacial score (nSPS) is 11.2. The summed E-state index contributed by atoms with van der Waals surface area (Å²) in [7, 11) is 1.62. The van der Waals surface area contributed by atoms with Crippen LogP contribution in [0.4, 0.5) is 5.69 Å². The third-order valence-corrected chi connectivity index (χ3v) is 9.48. The van der Waals surface area contributed by atoms with Crippen molar-refractivity contribution in [2.24, 2.45) is 0 Å². The van der Waals surface area contributed by atoms with E-state index in [0.29, 0.717) is 28.5 Å². The molecule has 282 valence electrons. The van der Waals surface area contributed by atoms with Gasteiger partial charge in [-0.2, -0.15) is 9.61 Å². The van der Waals surface area contributed by atoms with Gasteiger partial charge in [-0.3, -0.25) is 0 Å². The number of hydrogen-bond acceptors (Lipinski definition) is 6. The monoisotopic (exact) mass is 723 g/mol. The van der Waals surface area contributed by atoms with Crippen LogP contribution in [0.15, 0.2) is 36.4 Å². The Labute approximate surface area is 324 Å². The largest absolute Gasteiger partial charge is 0.496 e. The number of aromatic nitrogens is 4. The molecule has 0 radical (unpaired) electrons. The molecule has 0 aliphatic heterocycles. The van der Waals surface area contributed by atoms with E-state index in [4.69, 9.17) is 21.0 Å². The fourth-order valence-electron chi connectivity index (χ4n) is 6.53. The summed E-state index contributed by atoms with van der Waals surface area (Å²) in [5.41, 5.74) is 5.72. The lowest BCUT2D eigenvalue weighted by Gasteiger charge is -2.26. The number of methoxy groups -OCH3 is 1. The number of fused-ring (bicyclic) bond motifs is 1. The maximum absolute atomic E-state index is 5.73. The molecule has 0 aliphatic rings. The van der Waals surface area contributed by atoms with Gasteiger partial charge in [-0.05, 0) is 85.1 Å². The highest BCUT2D eigenvalue weighted by atomic mass is 16.5. The first-order chi connectivity index (χ1) is 26.2. The van der Waals surface area contributed by atoms with E-state index in [1.807, 2.05) is 16.6 Å². The standard InChI is InChI=1S/C47H57N5O2/c1-9-12-15-18-21-24-31-51(32-25-22-19-16-13-10-2)39-28-27-38(37(4)34-39)35-42-44(47(5,6)7)50-52-45(48-49-46(42)52)41-36-40(29-30-43(41)53-8)54-33-26-23-20-17-14-11-3/h3,27-30,34-36H,9-10,12-13,15-16,18-19,21-22,24-25,31-32H2,1-2,4-8H3/b42-35-. The molecule has 7 heteroatoms. The third-order valence-electron chi connectivity index (χ3n) is 9.48. The zero-order chi connectivity index (χ0) is 38.8. The van der Waals surface area contributed by atoms with E-state index in [1.54, 1.807) is 13.2 Å². The summed E-state index contributed by atoms with van der Waals surface area (Å²) in [5, 5.41) is 15.3. The van der Waals surface area contributed by atoms with Crippen LogP contribution in [-0.4, -0.2) is 40.0 Å². The van der Waals surface area contributed by atoms with Gasteiger partial charge in [0.15, 0.2) is 11.5 Å². The minimum Gasteiger partial charge on any atom is -0.496 e. The van der Waals surface area contributed by atoms with Crippen LogP contribution in [-0.2, 0) is 5.41 Å². The molecule has 0 amide bonds. The van der Waals surface area contributed by atoms with Crippen molar-refractivity contribution in [1.82, 2.24) is 19.8 Å². The molecule has 0 unspecified atom stereocenters. The molecule has 7 nitrogen and oxygen atoms in total. The Morgan fingerprint density at radius 3 is 2.07 bits per heavy atom. The molecule has 0 spiro atoms. The number of terminal acetylenes is 1. The number of anilines is 1. The van der Waals surface area contributed by atoms with Crippen molar-refractivity contribution in [3.05, 3.63) is 58.4 Å². The number of rotatable bonds is 19. The van der Waals surface area contributed by atoms with Crippen LogP contribution in [0.2, 0.25) is 0 Å². The van der Waals surface area contributed by atoms with Crippen molar-refractivity contribution in [3.8, 4) is 70.9 Å². The Morgan fingerprint density at radius 1 is 0.796 bits per heavy atom. The van der Waals surface area contributed by atoms with Crippen LogP contribution in [0.1, 0.15) is 128 Å². The highest BCUT2D eigenvalue weighted by Gasteiger charge is 2.25. The maximum atomic E-state index is 5.73. The number of unbranched alkanes of at least 4 members (excludes halogenated alkanes) is 10. The molecule has 0 bridgehead atoms. The second-order valence-electron chi connectivity index (χ2n) is 14.8. The van der Waals surface area contributed by atoms with Crippen molar-refractivity contribution >= 4 is 17.4 Å². The summed E-state index contributed by atoms with van der Waals surface area (Å²) in [6, 6.07) is 12.3. The van der Waals surface area contributed by atoms with Crippen LogP contribution in [0.5, 0.6) is 11.5 Å². The van der Waals surface area contributed by atoms with Gasteiger partial charge in [0.1, 0.15) is 17.6 Å². The van der Waals surface area contributed by atoms with Crippen LogP contribution in [0, 0.1) is 55.0 Å². The van der Waals surface area contributed by atoms with E-state index >= 15 is 0 Å². The van der Waals surface area contributed by atoms with Crippen molar-refractivity contribution in [1.29, 1.82) is 0 Å². The number of hydrogen-bond donors (Lipinski definition) is 0. The van der Waals surface area contributed by atoms with Gasteiger partial charge < -0.3 is 14.4 Å². The number of aryl methyl sites for hydroxylation is 1. The average molecular weight is 724 g/mol. The van der Waals surface area contributed by atoms with Crippen LogP contribution in [0.25, 0.3) is 23.1 Å². The zero-order valence-electron chi connectivity index (χ0n) is 33.6. The maximum Gasteiger partial charge on any atom is 0.189 e. The van der Waals surface area contributed by atoms with Gasteiger partial charge in [-0.15, -0.1) is 16.6 Å². The van der Waals surface area contributed by atoms with E-state index in [0.717, 1.165) is 29.6 Å². The van der Waals surface area contributed by atoms with Crippen molar-refractivity contribution in [2.75, 3.05) is 25.1 Å². The lowest BCUT2D eigenvalue weighted by atomic mass is 9.90. The predicted molar refractivity (Wildman–Crippen MR) is 223 cm³/mol. The predicted octanol–water partition coefficient (Wildman–Crippen LogP) is 9.46. The molecule has 2 aromatic heterocycles. The Bertz CT molecular complexity index is 2100. The molecule has 0 aliphatic carbocycles. The van der Waals surface area contributed by atoms with Crippen molar-refractivity contribution in [2.45, 2.75) is 124 Å². The van der Waals surface area contributed by atoms with Crippen LogP contribution < -0.4 is 19.6 Å². The van der Waals surface area contributed by atoms with E-state index < -0.39 is 0 Å². The molecule has 0 N–H and O–H groups in total. The smallest absolute Gasteiger partial charge is 0.189 e. The average Bonchev–Trinajstić information content (AvgIpc) is 3.74. The van der Waals surface area contributed by atoms with Gasteiger partial charge in [-0.25, -0.2) is 0 Å². The number of nitrogens with zero attached hydrogens (tertiary/aromatic N) is 5. The summed E-state index contributed by atoms with van der Waals surface area (Å²) in [4.78, 5) is 2.62. The molecule has 54 heavy (non-hydrogen) atoms. The quantitative estimate of drug-likeness (QED) is 0.0710. The van der Waals surface area contributed by atoms with E-state index in [9.17, 15) is 0 Å². The van der Waals surface area contributed by atoms with Gasteiger partial charge in [0, 0.05) is 47.2 Å². The summed E-state index contributed by atoms with van der Waals surface area (Å²) in [6.45, 7) is 15.5. The fraction of sp³-hybridized carbons (Fsp3) is 0.468. The molecule has 2 aromatic carbocycles. The fourth-order valence-corrected chi connectivity index (χ4v) is 6.53. The van der Waals surface area contributed by atoms with Gasteiger partial charge in [0.05, 0.1) is 18.4 Å². The molecule has 0 atom stereocenters. The molecule has 0 saturated carbocycles. The Kier molecular flexibility index (Phi) is 16.4. The Hall–Kier alpha value is -5.37. The number of benzene rings is 2. The third kappa shape index (κ3) is 11.8. The minimum absolute atomic E-state index is 0.251. The van der Waals surface area contributed by atoms with Crippen LogP contribution >= 0.6 is 0 Å². The van der Waals surface area contributed by atoms with Gasteiger partial charge in [0.25, 0.3) is 0 Å². The van der Waals surface area contributed by atoms with E-state index in [2.05, 4.69) is 123 Å². The molecule has 0 saturated heterocycles. The van der Waals surface area contributed by atoms with Crippen molar-refractivity contribution < 1.29 is 9.47 Å². The number of ether oxygens (including phenoxy) is 2. The van der Waals surface area contributed by atoms with E-state index in [-0.39, 0.29) is 5.41 Å². The highest BCUT2D eigenvalue weighted by molar-refractivity contribution is 5.70. The Morgan fingerprint density at radius 2 is 1.44 bits per heavy atom. The first kappa shape index (κ1) is 41.4. The second-order valence-corrected chi connectivity index (χ2v) is 14.8. The van der Waals surface area contributed by atoms with E-state index in [1.165, 1.54) is 88.3 Å². The van der Waals surface area contributed by atoms with Crippen molar-refractivity contribution in [3.63, 3.8) is 0 Å². The van der Waals surface area contributed by atoms with Crippen LogP contribution in [0.3, 0.4) is 0 Å². The molecular weight excluding hydrogens is 667 g/mol. The molecule has 2 heterocycles. The summed E-state index contributed by atoms with van der Waals surface area (Å²) >= 11 is 0. The van der Waals surface area contributed by atoms with Gasteiger partial charge >= 0.3 is 0 Å². The highest BCUT2D eigenvalue weighted by Crippen LogP contribution is 2.33. The van der Waals surface area contributed by atoms with Gasteiger partial charge in [-0.1, -0.05) is 105 Å². The SMILES string of the molecule is C#CC#CC#CC#COc1ccc(OC)c(-c2nnc3/c(=C\c4ccc(N(CCCCCCCC)CCCCCCCC)cc4C)c(C(C)(C)C)nn23)c1. The molecule has 4 rings (SSSR count). The first-order valence-electron chi connectivity index (χ1n) is 19.7. The lowest BCUT2D eigenvalue weighted by Crippen LogP contribution is -2.26. The molecular formula is C47H57N5O2. The second kappa shape index (κ2) is 21.4. The van der Waals surface area contributed by atoms with Gasteiger partial charge in [0.2, 0.25) is 0 Å².